The summed E-state index contributed by atoms with van der Waals surface area (Å²) in [7, 11) is 0. The van der Waals surface area contributed by atoms with Crippen molar-refractivity contribution in [2.75, 3.05) is 6.54 Å². The van der Waals surface area contributed by atoms with Crippen molar-refractivity contribution < 1.29 is 14.7 Å². The highest BCUT2D eigenvalue weighted by Gasteiger charge is 2.14. The lowest BCUT2D eigenvalue weighted by atomic mass is 10.3. The van der Waals surface area contributed by atoms with Crippen LogP contribution in [0.4, 0.5) is 0 Å². The number of carbonyl (C=O) groups excluding carboxylic acids is 1. The molecule has 0 radical (unpaired) electrons. The van der Waals surface area contributed by atoms with Gasteiger partial charge in [0.15, 0.2) is 5.69 Å². The minimum Gasteiger partial charge on any atom is -0.476 e. The maximum Gasteiger partial charge on any atom is 0.358 e. The van der Waals surface area contributed by atoms with E-state index in [4.69, 9.17) is 16.7 Å². The minimum atomic E-state index is -1.14. The van der Waals surface area contributed by atoms with E-state index in [-0.39, 0.29) is 11.6 Å². The number of aryl methyl sites for hydroxylation is 1. The molecule has 0 aliphatic carbocycles. The summed E-state index contributed by atoms with van der Waals surface area (Å²) in [6.45, 7) is 2.46. The zero-order chi connectivity index (χ0) is 14.7. The lowest BCUT2D eigenvalue weighted by Crippen LogP contribution is -2.27. The number of nitrogens with zero attached hydrogens (tertiary/aromatic N) is 3. The summed E-state index contributed by atoms with van der Waals surface area (Å²) in [5.74, 6) is -1.40. The molecule has 0 saturated carbocycles. The number of thiophene rings is 1. The topological polar surface area (TPSA) is 97.1 Å². The number of carbonyl (C=O) groups is 2. The van der Waals surface area contributed by atoms with E-state index in [2.05, 4.69) is 15.6 Å². The number of aromatic nitrogens is 3. The van der Waals surface area contributed by atoms with Gasteiger partial charge in [-0.1, -0.05) is 16.8 Å². The Morgan fingerprint density at radius 3 is 2.85 bits per heavy atom. The average Bonchev–Trinajstić information content (AvgIpc) is 2.98. The van der Waals surface area contributed by atoms with Crippen LogP contribution in [0.3, 0.4) is 0 Å². The fourth-order valence-corrected chi connectivity index (χ4v) is 2.65. The Morgan fingerprint density at radius 2 is 2.30 bits per heavy atom. The fourth-order valence-electron chi connectivity index (χ4n) is 1.45. The number of amides is 1. The van der Waals surface area contributed by atoms with Crippen molar-refractivity contribution in [2.45, 2.75) is 13.5 Å². The van der Waals surface area contributed by atoms with Gasteiger partial charge in [-0.05, 0) is 17.9 Å². The van der Waals surface area contributed by atoms with Crippen LogP contribution in [0.25, 0.3) is 0 Å². The third-order valence-electron chi connectivity index (χ3n) is 2.49. The van der Waals surface area contributed by atoms with Gasteiger partial charge in [0.2, 0.25) is 0 Å². The molecule has 2 N–H and O–H groups in total. The molecule has 0 aliphatic rings. The quantitative estimate of drug-likeness (QED) is 0.870. The average molecular weight is 315 g/mol. The monoisotopic (exact) mass is 314 g/mol. The van der Waals surface area contributed by atoms with E-state index >= 15 is 0 Å². The third-order valence-corrected chi connectivity index (χ3v) is 4.19. The van der Waals surface area contributed by atoms with Gasteiger partial charge < -0.3 is 10.4 Å². The molecule has 0 spiro atoms. The number of carboxylic acids is 1. The maximum atomic E-state index is 11.9. The molecule has 0 aliphatic heterocycles. The summed E-state index contributed by atoms with van der Waals surface area (Å²) in [5.41, 5.74) is 0.734. The molecule has 0 unspecified atom stereocenters. The summed E-state index contributed by atoms with van der Waals surface area (Å²) in [4.78, 5) is 22.9. The van der Waals surface area contributed by atoms with Crippen LogP contribution in [0.2, 0.25) is 5.02 Å². The van der Waals surface area contributed by atoms with E-state index in [1.165, 1.54) is 22.2 Å². The van der Waals surface area contributed by atoms with E-state index in [0.717, 1.165) is 5.56 Å². The highest BCUT2D eigenvalue weighted by molar-refractivity contribution is 7.13. The van der Waals surface area contributed by atoms with Crippen molar-refractivity contribution in [3.05, 3.63) is 32.7 Å². The van der Waals surface area contributed by atoms with E-state index < -0.39 is 5.97 Å². The molecule has 2 heterocycles. The SMILES string of the molecule is Cc1csc(C(=O)NCCn2cc(C(=O)O)nn2)c1Cl. The molecular formula is C11H11ClN4O3S. The van der Waals surface area contributed by atoms with E-state index in [0.29, 0.717) is 23.0 Å². The predicted molar refractivity (Wildman–Crippen MR) is 73.4 cm³/mol. The lowest BCUT2D eigenvalue weighted by Gasteiger charge is -2.03. The van der Waals surface area contributed by atoms with E-state index in [1.807, 2.05) is 12.3 Å². The molecule has 0 aromatic carbocycles. The first kappa shape index (κ1) is 14.5. The van der Waals surface area contributed by atoms with Gasteiger partial charge in [0, 0.05) is 6.54 Å². The van der Waals surface area contributed by atoms with Crippen molar-refractivity contribution in [3.8, 4) is 0 Å². The Morgan fingerprint density at radius 1 is 1.55 bits per heavy atom. The van der Waals surface area contributed by atoms with Gasteiger partial charge in [0.25, 0.3) is 5.91 Å². The third kappa shape index (κ3) is 3.14. The highest BCUT2D eigenvalue weighted by Crippen LogP contribution is 2.26. The zero-order valence-electron chi connectivity index (χ0n) is 10.5. The number of carboxylic acid groups (broad SMARTS) is 1. The summed E-state index contributed by atoms with van der Waals surface area (Å²) in [6.07, 6.45) is 1.30. The first-order valence-corrected chi connectivity index (χ1v) is 6.90. The molecule has 2 aromatic rings. The molecule has 9 heteroatoms. The number of hydrogen-bond donors (Lipinski definition) is 2. The molecule has 7 nitrogen and oxygen atoms in total. The van der Waals surface area contributed by atoms with Crippen LogP contribution in [0.1, 0.15) is 25.7 Å². The summed E-state index contributed by atoms with van der Waals surface area (Å²) >= 11 is 7.28. The molecule has 0 saturated heterocycles. The van der Waals surface area contributed by atoms with Crippen molar-refractivity contribution in [1.29, 1.82) is 0 Å². The van der Waals surface area contributed by atoms with Gasteiger partial charge in [-0.2, -0.15) is 0 Å². The summed E-state index contributed by atoms with van der Waals surface area (Å²) < 4.78 is 1.35. The first-order chi connectivity index (χ1) is 9.49. The zero-order valence-corrected chi connectivity index (χ0v) is 12.0. The first-order valence-electron chi connectivity index (χ1n) is 5.64. The normalized spacial score (nSPS) is 10.5. The van der Waals surface area contributed by atoms with Crippen LogP contribution in [0, 0.1) is 6.92 Å². The van der Waals surface area contributed by atoms with Crippen LogP contribution < -0.4 is 5.32 Å². The number of hydrogen-bond acceptors (Lipinski definition) is 5. The van der Waals surface area contributed by atoms with Crippen LogP contribution in [0.15, 0.2) is 11.6 Å². The summed E-state index contributed by atoms with van der Waals surface area (Å²) in [6, 6.07) is 0. The number of aromatic carboxylic acids is 1. The molecule has 2 aromatic heterocycles. The van der Waals surface area contributed by atoms with E-state index in [1.54, 1.807) is 0 Å². The van der Waals surface area contributed by atoms with E-state index in [9.17, 15) is 9.59 Å². The number of nitrogens with one attached hydrogen (secondary N) is 1. The molecule has 0 atom stereocenters. The number of rotatable bonds is 5. The molecule has 0 fully saturated rings. The predicted octanol–water partition coefficient (Wildman–Crippen LogP) is 1.43. The van der Waals surface area contributed by atoms with Gasteiger partial charge in [-0.15, -0.1) is 16.4 Å². The fraction of sp³-hybridized carbons (Fsp3) is 0.273. The van der Waals surface area contributed by atoms with Gasteiger partial charge >= 0.3 is 5.97 Å². The second kappa shape index (κ2) is 6.02. The van der Waals surface area contributed by atoms with Gasteiger partial charge in [0.05, 0.1) is 17.8 Å². The van der Waals surface area contributed by atoms with Crippen molar-refractivity contribution in [2.24, 2.45) is 0 Å². The Labute approximate surface area is 123 Å². The van der Waals surface area contributed by atoms with Gasteiger partial charge in [0.1, 0.15) is 4.88 Å². The number of halogens is 1. The Bertz CT molecular complexity index is 652. The second-order valence-electron chi connectivity index (χ2n) is 3.99. The van der Waals surface area contributed by atoms with Crippen molar-refractivity contribution in [1.82, 2.24) is 20.3 Å². The Kier molecular flexibility index (Phi) is 4.35. The Hall–Kier alpha value is -1.93. The largest absolute Gasteiger partial charge is 0.476 e. The van der Waals surface area contributed by atoms with Crippen LogP contribution in [-0.4, -0.2) is 38.5 Å². The van der Waals surface area contributed by atoms with Gasteiger partial charge in [-0.25, -0.2) is 9.48 Å². The molecule has 0 bridgehead atoms. The van der Waals surface area contributed by atoms with Crippen LogP contribution in [0.5, 0.6) is 0 Å². The maximum absolute atomic E-state index is 11.9. The molecule has 1 amide bonds. The molecule has 106 valence electrons. The second-order valence-corrected chi connectivity index (χ2v) is 5.25. The van der Waals surface area contributed by atoms with Crippen molar-refractivity contribution in [3.63, 3.8) is 0 Å². The van der Waals surface area contributed by atoms with Crippen LogP contribution >= 0.6 is 22.9 Å². The standard InChI is InChI=1S/C11H11ClN4O3S/c1-6-5-20-9(8(6)12)10(17)13-2-3-16-4-7(11(18)19)14-15-16/h4-5H,2-3H2,1H3,(H,13,17)(H,18,19). The summed E-state index contributed by atoms with van der Waals surface area (Å²) in [5, 5.41) is 20.8. The Balaban J connectivity index is 1.88. The van der Waals surface area contributed by atoms with Gasteiger partial charge in [-0.3, -0.25) is 4.79 Å². The highest BCUT2D eigenvalue weighted by atomic mass is 35.5. The van der Waals surface area contributed by atoms with Crippen molar-refractivity contribution >= 4 is 34.8 Å². The smallest absolute Gasteiger partial charge is 0.358 e. The minimum absolute atomic E-state index is 0.131. The molecular weight excluding hydrogens is 304 g/mol. The lowest BCUT2D eigenvalue weighted by molar-refractivity contribution is 0.0690. The molecule has 2 rings (SSSR count). The van der Waals surface area contributed by atoms with Crippen LogP contribution in [-0.2, 0) is 6.54 Å². The molecule has 20 heavy (non-hydrogen) atoms.